The van der Waals surface area contributed by atoms with Crippen LogP contribution in [0.15, 0.2) is 79.1 Å². The summed E-state index contributed by atoms with van der Waals surface area (Å²) < 4.78 is 29.0. The normalized spacial score (nSPS) is 14.6. The lowest BCUT2D eigenvalue weighted by atomic mass is 10.0. The van der Waals surface area contributed by atoms with Crippen molar-refractivity contribution in [2.45, 2.75) is 53.4 Å². The predicted molar refractivity (Wildman–Crippen MR) is 214 cm³/mol. The molecule has 4 aromatic heterocycles. The molecular weight excluding hydrogens is 696 g/mol. The number of hydrogen-bond donors (Lipinski definition) is 0. The molecule has 10 nitrogen and oxygen atoms in total. The lowest BCUT2D eigenvalue weighted by Gasteiger charge is -2.29. The second-order valence-electron chi connectivity index (χ2n) is 14.5. The van der Waals surface area contributed by atoms with E-state index in [0.717, 1.165) is 72.1 Å². The van der Waals surface area contributed by atoms with E-state index in [4.69, 9.17) is 9.47 Å². The number of anilines is 2. The lowest BCUT2D eigenvalue weighted by Crippen LogP contribution is -2.36. The molecule has 8 rings (SSSR count). The standard InChI is InChI=1S/C22H24FN3O2.C22H25N3O2/c1-15-7-8-26-21(13-15)24-16(2)22(26)20(27)6-4-17-3-5-19(18(23)14-17)25-9-11-28-12-10-25;1-16-9-10-25-21(15-16)23-17(2)22(25)20(26)8-5-18-3-6-19(7-4-18)24-11-13-27-14-12-24/h3,5,7-8,13-14H,4,6,9-12H2,1-2H3;3-4,6-7,9-10,15H,5,8,11-14H2,1-2H3. The molecule has 0 atom stereocenters. The number of aromatic nitrogens is 4. The Labute approximate surface area is 321 Å². The van der Waals surface area contributed by atoms with Crippen molar-refractivity contribution in [1.29, 1.82) is 0 Å². The van der Waals surface area contributed by atoms with Gasteiger partial charge in [-0.1, -0.05) is 18.2 Å². The summed E-state index contributed by atoms with van der Waals surface area (Å²) in [6.07, 6.45) is 5.86. The summed E-state index contributed by atoms with van der Waals surface area (Å²) in [7, 11) is 0. The van der Waals surface area contributed by atoms with Crippen LogP contribution in [-0.2, 0) is 22.3 Å². The van der Waals surface area contributed by atoms with Gasteiger partial charge in [0.2, 0.25) is 0 Å². The SMILES string of the molecule is Cc1ccn2c(C(=O)CCc3ccc(N4CCOCC4)c(F)c3)c(C)nc2c1.Cc1ccn2c(C(=O)CCc3ccc(N4CCOCC4)cc3)c(C)nc2c1. The van der Waals surface area contributed by atoms with Crippen LogP contribution in [0.4, 0.5) is 15.8 Å². The summed E-state index contributed by atoms with van der Waals surface area (Å²) in [5.74, 6) is -0.0825. The molecule has 2 saturated heterocycles. The van der Waals surface area contributed by atoms with Gasteiger partial charge in [0.1, 0.15) is 28.5 Å². The molecule has 2 aliphatic heterocycles. The van der Waals surface area contributed by atoms with E-state index in [1.165, 1.54) is 11.3 Å². The maximum atomic E-state index is 14.6. The van der Waals surface area contributed by atoms with Crippen LogP contribution < -0.4 is 9.80 Å². The number of halogens is 1. The minimum atomic E-state index is -0.242. The molecule has 6 heterocycles. The van der Waals surface area contributed by atoms with Crippen LogP contribution >= 0.6 is 0 Å². The van der Waals surface area contributed by atoms with Gasteiger partial charge in [-0.15, -0.1) is 0 Å². The molecule has 0 spiro atoms. The van der Waals surface area contributed by atoms with Crippen molar-refractivity contribution in [3.05, 3.63) is 130 Å². The van der Waals surface area contributed by atoms with Gasteiger partial charge in [0.05, 0.1) is 43.5 Å². The fourth-order valence-electron chi connectivity index (χ4n) is 7.41. The summed E-state index contributed by atoms with van der Waals surface area (Å²) in [5.41, 5.74) is 10.5. The summed E-state index contributed by atoms with van der Waals surface area (Å²) in [5, 5.41) is 0. The van der Waals surface area contributed by atoms with E-state index in [9.17, 15) is 14.0 Å². The molecule has 2 aliphatic rings. The van der Waals surface area contributed by atoms with Gasteiger partial charge in [-0.3, -0.25) is 18.4 Å². The molecule has 55 heavy (non-hydrogen) atoms. The highest BCUT2D eigenvalue weighted by Crippen LogP contribution is 2.24. The number of rotatable bonds is 10. The zero-order valence-electron chi connectivity index (χ0n) is 32.2. The summed E-state index contributed by atoms with van der Waals surface area (Å²) in [6.45, 7) is 13.9. The largest absolute Gasteiger partial charge is 0.378 e. The second kappa shape index (κ2) is 17.0. The lowest BCUT2D eigenvalue weighted by molar-refractivity contribution is 0.0968. The van der Waals surface area contributed by atoms with Crippen molar-refractivity contribution in [2.75, 3.05) is 62.4 Å². The Morgan fingerprint density at radius 3 is 1.60 bits per heavy atom. The quantitative estimate of drug-likeness (QED) is 0.135. The molecule has 2 fully saturated rings. The third kappa shape index (κ3) is 8.79. The van der Waals surface area contributed by atoms with Crippen LogP contribution in [0.2, 0.25) is 0 Å². The molecule has 0 radical (unpaired) electrons. The van der Waals surface area contributed by atoms with Gasteiger partial charge in [-0.05, 0) is 111 Å². The maximum absolute atomic E-state index is 14.6. The number of fused-ring (bicyclic) bond motifs is 2. The van der Waals surface area contributed by atoms with E-state index in [-0.39, 0.29) is 17.4 Å². The van der Waals surface area contributed by atoms with Gasteiger partial charge in [0.25, 0.3) is 0 Å². The molecule has 0 amide bonds. The molecule has 286 valence electrons. The van der Waals surface area contributed by atoms with E-state index in [2.05, 4.69) is 39.1 Å². The van der Waals surface area contributed by atoms with Gasteiger partial charge in [-0.25, -0.2) is 14.4 Å². The number of imidazole rings is 2. The number of morpholine rings is 2. The zero-order valence-corrected chi connectivity index (χ0v) is 32.2. The average molecular weight is 745 g/mol. The summed E-state index contributed by atoms with van der Waals surface area (Å²) in [4.78, 5) is 39.0. The first kappa shape index (κ1) is 37.9. The maximum Gasteiger partial charge on any atom is 0.181 e. The van der Waals surface area contributed by atoms with Crippen LogP contribution in [0.1, 0.15) is 67.5 Å². The number of nitrogens with zero attached hydrogens (tertiary/aromatic N) is 6. The van der Waals surface area contributed by atoms with Crippen molar-refractivity contribution in [1.82, 2.24) is 18.8 Å². The van der Waals surface area contributed by atoms with Crippen LogP contribution in [0.25, 0.3) is 11.3 Å². The van der Waals surface area contributed by atoms with Gasteiger partial charge in [-0.2, -0.15) is 0 Å². The van der Waals surface area contributed by atoms with E-state index in [0.29, 0.717) is 62.6 Å². The van der Waals surface area contributed by atoms with Crippen LogP contribution in [0.3, 0.4) is 0 Å². The monoisotopic (exact) mass is 744 g/mol. The number of pyridine rings is 2. The molecule has 0 N–H and O–H groups in total. The topological polar surface area (TPSA) is 93.7 Å². The molecule has 6 aromatic rings. The van der Waals surface area contributed by atoms with Crippen molar-refractivity contribution in [2.24, 2.45) is 0 Å². The Bertz CT molecular complexity index is 2300. The van der Waals surface area contributed by atoms with E-state index in [1.807, 2.05) is 90.2 Å². The number of hydrogen-bond acceptors (Lipinski definition) is 8. The minimum absolute atomic E-state index is 0.0199. The van der Waals surface area contributed by atoms with Gasteiger partial charge < -0.3 is 19.3 Å². The highest BCUT2D eigenvalue weighted by molar-refractivity contribution is 5.97. The van der Waals surface area contributed by atoms with Crippen LogP contribution in [0, 0.1) is 33.5 Å². The molecular formula is C44H49FN6O4. The number of benzene rings is 2. The van der Waals surface area contributed by atoms with E-state index >= 15 is 0 Å². The number of Topliss-reactive ketones (excluding diaryl/α,β-unsaturated/α-hetero) is 2. The second-order valence-corrected chi connectivity index (χ2v) is 14.5. The average Bonchev–Trinajstić information content (AvgIpc) is 3.70. The number of carbonyl (C=O) groups excluding carboxylic acids is 2. The van der Waals surface area contributed by atoms with Crippen LogP contribution in [-0.4, -0.2) is 82.9 Å². The molecule has 2 aromatic carbocycles. The first-order valence-electron chi connectivity index (χ1n) is 19.1. The zero-order chi connectivity index (χ0) is 38.5. The molecule has 0 aliphatic carbocycles. The molecule has 11 heteroatoms. The smallest absolute Gasteiger partial charge is 0.181 e. The van der Waals surface area contributed by atoms with Gasteiger partial charge in [0, 0.05) is 57.1 Å². The number of ketones is 2. The summed E-state index contributed by atoms with van der Waals surface area (Å²) >= 11 is 0. The Morgan fingerprint density at radius 2 is 1.09 bits per heavy atom. The number of carbonyl (C=O) groups is 2. The Morgan fingerprint density at radius 1 is 0.618 bits per heavy atom. The third-order valence-electron chi connectivity index (χ3n) is 10.4. The van der Waals surface area contributed by atoms with E-state index in [1.54, 1.807) is 6.07 Å². The molecule has 0 unspecified atom stereocenters. The Hall–Kier alpha value is -5.39. The van der Waals surface area contributed by atoms with Gasteiger partial charge >= 0.3 is 0 Å². The van der Waals surface area contributed by atoms with Gasteiger partial charge in [0.15, 0.2) is 11.6 Å². The van der Waals surface area contributed by atoms with E-state index < -0.39 is 0 Å². The highest BCUT2D eigenvalue weighted by atomic mass is 19.1. The predicted octanol–water partition coefficient (Wildman–Crippen LogP) is 7.35. The fraction of sp³-hybridized carbons (Fsp3) is 0.364. The first-order chi connectivity index (χ1) is 26.6. The Kier molecular flexibility index (Phi) is 11.7. The minimum Gasteiger partial charge on any atom is -0.378 e. The number of ether oxygens (including phenoxy) is 2. The van der Waals surface area contributed by atoms with Crippen molar-refractivity contribution < 1.29 is 23.5 Å². The molecule has 0 bridgehead atoms. The number of aryl methyl sites for hydroxylation is 6. The van der Waals surface area contributed by atoms with Crippen molar-refractivity contribution >= 4 is 34.2 Å². The molecule has 0 saturated carbocycles. The van der Waals surface area contributed by atoms with Crippen LogP contribution in [0.5, 0.6) is 0 Å². The third-order valence-corrected chi connectivity index (χ3v) is 10.4. The van der Waals surface area contributed by atoms with Crippen molar-refractivity contribution in [3.8, 4) is 0 Å². The highest BCUT2D eigenvalue weighted by Gasteiger charge is 2.20. The first-order valence-corrected chi connectivity index (χ1v) is 19.1. The Balaban J connectivity index is 0.000000169. The van der Waals surface area contributed by atoms with Crippen molar-refractivity contribution in [3.63, 3.8) is 0 Å². The summed E-state index contributed by atoms with van der Waals surface area (Å²) in [6, 6.07) is 21.8. The fourth-order valence-corrected chi connectivity index (χ4v) is 7.41.